The van der Waals surface area contributed by atoms with Crippen LogP contribution in [0.15, 0.2) is 73.2 Å². The van der Waals surface area contributed by atoms with Crippen LogP contribution in [0, 0.1) is 0 Å². The van der Waals surface area contributed by atoms with Crippen molar-refractivity contribution in [2.75, 3.05) is 25.4 Å². The number of aromatic nitrogens is 2. The molecule has 0 radical (unpaired) electrons. The molecule has 2 aliphatic heterocycles. The number of para-hydroxylation sites is 1. The van der Waals surface area contributed by atoms with Gasteiger partial charge in [-0.25, -0.2) is 23.7 Å². The van der Waals surface area contributed by atoms with Crippen molar-refractivity contribution in [1.82, 2.24) is 20.3 Å². The molecule has 3 aromatic rings. The van der Waals surface area contributed by atoms with E-state index in [2.05, 4.69) is 15.4 Å². The van der Waals surface area contributed by atoms with E-state index in [4.69, 9.17) is 14.3 Å². The van der Waals surface area contributed by atoms with Gasteiger partial charge in [0.15, 0.2) is 16.1 Å². The number of carbonyl (C=O) groups is 2. The number of hydrogen-bond donors (Lipinski definition) is 1. The molecule has 3 heterocycles. The van der Waals surface area contributed by atoms with Gasteiger partial charge in [-0.15, -0.1) is 0 Å². The van der Waals surface area contributed by atoms with Crippen molar-refractivity contribution < 1.29 is 32.3 Å². The highest BCUT2D eigenvalue weighted by Gasteiger charge is 2.49. The van der Waals surface area contributed by atoms with Crippen molar-refractivity contribution in [3.05, 3.63) is 84.4 Å². The number of carbonyl (C=O) groups excluding carboxylic acids is 2. The van der Waals surface area contributed by atoms with Crippen LogP contribution in [-0.4, -0.2) is 66.8 Å². The van der Waals surface area contributed by atoms with E-state index in [1.165, 1.54) is 23.5 Å². The van der Waals surface area contributed by atoms with E-state index in [-0.39, 0.29) is 31.0 Å². The van der Waals surface area contributed by atoms with E-state index in [0.717, 1.165) is 12.8 Å². The highest BCUT2D eigenvalue weighted by molar-refractivity contribution is 7.92. The molecule has 2 aliphatic rings. The molecule has 5 rings (SSSR count). The molecule has 2 atom stereocenters. The molecule has 1 N–H and O–H groups in total. The molecule has 2 saturated heterocycles. The summed E-state index contributed by atoms with van der Waals surface area (Å²) in [4.78, 5) is 41.2. The molecule has 11 nitrogen and oxygen atoms in total. The van der Waals surface area contributed by atoms with Crippen LogP contribution in [0.2, 0.25) is 0 Å². The van der Waals surface area contributed by atoms with Gasteiger partial charge in [-0.2, -0.15) is 0 Å². The normalized spacial score (nSPS) is 22.3. The Morgan fingerprint density at radius 2 is 1.80 bits per heavy atom. The lowest BCUT2D eigenvalue weighted by molar-refractivity contribution is -0.200. The van der Waals surface area contributed by atoms with Gasteiger partial charge < -0.3 is 14.4 Å². The predicted molar refractivity (Wildman–Crippen MR) is 148 cm³/mol. The maximum Gasteiger partial charge on any atom is 0.274 e. The quantitative estimate of drug-likeness (QED) is 0.398. The standard InChI is InChI=1S/C29H32N4O7S/c34-26(32-40-27-8-4-5-18-38-27)20-29(22-9-11-24(12-10-22)39-23-6-2-1-3-7-23)13-16-33(17-19-41(29,36)37)28(35)25-21-30-14-15-31-25/h1-3,6-7,9-12,14-15,21,27H,4-5,8,13,16-20H2,(H,32,34). The highest BCUT2D eigenvalue weighted by Crippen LogP contribution is 2.41. The van der Waals surface area contributed by atoms with Gasteiger partial charge in [0.2, 0.25) is 5.91 Å². The Bertz CT molecular complexity index is 1430. The Morgan fingerprint density at radius 1 is 1.02 bits per heavy atom. The molecule has 2 aromatic carbocycles. The zero-order chi connectivity index (χ0) is 28.7. The van der Waals surface area contributed by atoms with Gasteiger partial charge in [-0.3, -0.25) is 14.6 Å². The number of rotatable bonds is 8. The molecular weight excluding hydrogens is 548 g/mol. The molecule has 0 saturated carbocycles. The summed E-state index contributed by atoms with van der Waals surface area (Å²) in [7, 11) is -3.95. The minimum absolute atomic E-state index is 0.00638. The van der Waals surface area contributed by atoms with Crippen molar-refractivity contribution in [1.29, 1.82) is 0 Å². The van der Waals surface area contributed by atoms with Gasteiger partial charge in [-0.05, 0) is 49.1 Å². The summed E-state index contributed by atoms with van der Waals surface area (Å²) in [6, 6.07) is 15.9. The second kappa shape index (κ2) is 12.8. The summed E-state index contributed by atoms with van der Waals surface area (Å²) >= 11 is 0. The van der Waals surface area contributed by atoms with Gasteiger partial charge in [0, 0.05) is 38.5 Å². The molecule has 1 aromatic heterocycles. The van der Waals surface area contributed by atoms with Gasteiger partial charge in [-0.1, -0.05) is 30.3 Å². The van der Waals surface area contributed by atoms with Crippen molar-refractivity contribution in [2.24, 2.45) is 0 Å². The molecule has 2 amide bonds. The Balaban J connectivity index is 1.41. The number of hydrogen-bond acceptors (Lipinski definition) is 9. The highest BCUT2D eigenvalue weighted by atomic mass is 32.2. The minimum Gasteiger partial charge on any atom is -0.457 e. The summed E-state index contributed by atoms with van der Waals surface area (Å²) in [5, 5.41) is 0. The first-order valence-electron chi connectivity index (χ1n) is 13.5. The lowest BCUT2D eigenvalue weighted by Crippen LogP contribution is -2.43. The van der Waals surface area contributed by atoms with Crippen molar-refractivity contribution in [3.63, 3.8) is 0 Å². The van der Waals surface area contributed by atoms with E-state index in [1.807, 2.05) is 30.3 Å². The Labute approximate surface area is 238 Å². The fraction of sp³-hybridized carbons (Fsp3) is 0.379. The fourth-order valence-electron chi connectivity index (χ4n) is 5.09. The fourth-order valence-corrected chi connectivity index (χ4v) is 7.19. The summed E-state index contributed by atoms with van der Waals surface area (Å²) < 4.78 is 37.8. The largest absolute Gasteiger partial charge is 0.457 e. The van der Waals surface area contributed by atoms with Gasteiger partial charge >= 0.3 is 0 Å². The smallest absolute Gasteiger partial charge is 0.274 e. The van der Waals surface area contributed by atoms with E-state index in [1.54, 1.807) is 24.3 Å². The number of nitrogens with one attached hydrogen (secondary N) is 1. The van der Waals surface area contributed by atoms with Gasteiger partial charge in [0.1, 0.15) is 21.9 Å². The SMILES string of the molecule is O=C(CC1(c2ccc(Oc3ccccc3)cc2)CCN(C(=O)c2cnccn2)CCS1(=O)=O)NOC1CCCCO1. The first kappa shape index (κ1) is 28.7. The summed E-state index contributed by atoms with van der Waals surface area (Å²) in [6.07, 6.45) is 5.69. The molecule has 41 heavy (non-hydrogen) atoms. The number of benzene rings is 2. The minimum atomic E-state index is -3.95. The average Bonchev–Trinajstić information content (AvgIpc) is 3.13. The number of sulfone groups is 1. The number of amides is 2. The zero-order valence-electron chi connectivity index (χ0n) is 22.5. The van der Waals surface area contributed by atoms with Crippen molar-refractivity contribution in [2.45, 2.75) is 43.1 Å². The molecule has 12 heteroatoms. The van der Waals surface area contributed by atoms with E-state index < -0.39 is 39.1 Å². The average molecular weight is 581 g/mol. The van der Waals surface area contributed by atoms with E-state index >= 15 is 0 Å². The molecule has 0 bridgehead atoms. The topological polar surface area (TPSA) is 137 Å². The summed E-state index contributed by atoms with van der Waals surface area (Å²) in [5.74, 6) is -0.195. The second-order valence-corrected chi connectivity index (χ2v) is 12.4. The maximum atomic E-state index is 14.0. The monoisotopic (exact) mass is 580 g/mol. The van der Waals surface area contributed by atoms with Crippen LogP contribution in [-0.2, 0) is 29.0 Å². The van der Waals surface area contributed by atoms with Gasteiger partial charge in [0.05, 0.1) is 18.4 Å². The lowest BCUT2D eigenvalue weighted by Gasteiger charge is -2.32. The molecule has 0 spiro atoms. The van der Waals surface area contributed by atoms with E-state index in [0.29, 0.717) is 30.1 Å². The first-order valence-corrected chi connectivity index (χ1v) is 15.2. The van der Waals surface area contributed by atoms with Crippen LogP contribution in [0.3, 0.4) is 0 Å². The zero-order valence-corrected chi connectivity index (χ0v) is 23.3. The van der Waals surface area contributed by atoms with Crippen LogP contribution in [0.5, 0.6) is 11.5 Å². The third-order valence-electron chi connectivity index (χ3n) is 7.33. The number of hydroxylamine groups is 1. The molecule has 0 aliphatic carbocycles. The van der Waals surface area contributed by atoms with Crippen LogP contribution >= 0.6 is 0 Å². The third kappa shape index (κ3) is 6.72. The second-order valence-electron chi connectivity index (χ2n) is 10.0. The van der Waals surface area contributed by atoms with Crippen LogP contribution in [0.25, 0.3) is 0 Å². The molecular formula is C29H32N4O7S. The predicted octanol–water partition coefficient (Wildman–Crippen LogP) is 3.39. The van der Waals surface area contributed by atoms with E-state index in [9.17, 15) is 18.0 Å². The van der Waals surface area contributed by atoms with Crippen molar-refractivity contribution >= 4 is 21.7 Å². The Hall–Kier alpha value is -3.87. The Morgan fingerprint density at radius 3 is 2.51 bits per heavy atom. The summed E-state index contributed by atoms with van der Waals surface area (Å²) in [5.41, 5.74) is 2.95. The van der Waals surface area contributed by atoms with Crippen LogP contribution < -0.4 is 10.2 Å². The molecule has 2 unspecified atom stereocenters. The number of nitrogens with zero attached hydrogens (tertiary/aromatic N) is 3. The first-order chi connectivity index (χ1) is 19.9. The van der Waals surface area contributed by atoms with Crippen molar-refractivity contribution in [3.8, 4) is 11.5 Å². The number of ether oxygens (including phenoxy) is 2. The Kier molecular flexibility index (Phi) is 8.91. The summed E-state index contributed by atoms with van der Waals surface area (Å²) in [6.45, 7) is 0.589. The lowest BCUT2D eigenvalue weighted by atomic mass is 9.90. The van der Waals surface area contributed by atoms with Crippen LogP contribution in [0.1, 0.15) is 48.2 Å². The maximum absolute atomic E-state index is 14.0. The van der Waals surface area contributed by atoms with Crippen LogP contribution in [0.4, 0.5) is 0 Å². The molecule has 2 fully saturated rings. The molecule has 216 valence electrons. The third-order valence-corrected chi connectivity index (χ3v) is 9.82. The van der Waals surface area contributed by atoms with Gasteiger partial charge in [0.25, 0.3) is 5.91 Å².